The molecule has 0 aliphatic rings. The molecular weight excluding hydrogens is 1340 g/mol. The van der Waals surface area contributed by atoms with Crippen LogP contribution < -0.4 is 0 Å². The molecule has 3 N–H and O–H groups in total. The Morgan fingerprint density at radius 3 is 0.573 bits per heavy atom. The number of aliphatic hydroxyl groups excluding tert-OH is 1. The van der Waals surface area contributed by atoms with Gasteiger partial charge >= 0.3 is 39.5 Å². The van der Waals surface area contributed by atoms with E-state index in [-0.39, 0.29) is 25.7 Å². The Hall–Kier alpha value is -1.94. The summed E-state index contributed by atoms with van der Waals surface area (Å²) in [5.74, 6) is -2.10. The molecule has 612 valence electrons. The van der Waals surface area contributed by atoms with Gasteiger partial charge in [0, 0.05) is 25.7 Å². The molecule has 0 saturated heterocycles. The van der Waals surface area contributed by atoms with Crippen molar-refractivity contribution in [2.45, 2.75) is 476 Å². The number of phosphoric ester groups is 2. The molecular formula is C84H164O17P2. The molecule has 19 heteroatoms. The van der Waals surface area contributed by atoms with Gasteiger partial charge in [0.1, 0.15) is 19.3 Å². The quantitative estimate of drug-likeness (QED) is 0.0222. The van der Waals surface area contributed by atoms with Gasteiger partial charge in [-0.1, -0.05) is 407 Å². The molecule has 0 bridgehead atoms. The summed E-state index contributed by atoms with van der Waals surface area (Å²) in [7, 11) is -9.92. The summed E-state index contributed by atoms with van der Waals surface area (Å²) in [6, 6.07) is 0. The van der Waals surface area contributed by atoms with Crippen molar-refractivity contribution in [1.82, 2.24) is 0 Å². The lowest BCUT2D eigenvalue weighted by molar-refractivity contribution is -0.161. The van der Waals surface area contributed by atoms with Crippen molar-refractivity contribution >= 4 is 39.5 Å². The molecule has 0 aliphatic carbocycles. The van der Waals surface area contributed by atoms with E-state index in [9.17, 15) is 43.2 Å². The molecule has 0 saturated carbocycles. The summed E-state index contributed by atoms with van der Waals surface area (Å²) < 4.78 is 68.9. The van der Waals surface area contributed by atoms with E-state index in [0.717, 1.165) is 89.9 Å². The maximum absolute atomic E-state index is 13.1. The SMILES string of the molecule is CCCCCCCCCCCCCCCCCCCCCC(=O)O[C@H](COC(=O)CCCCCCCCCCCCCCCCCCC)COP(=O)(O)OCC(O)COP(=O)(O)OC[C@@H](COC(=O)CCCCCCCCCCCCCC)OC(=O)CCCCCCCCCCCCCCCCC. The third-order valence-electron chi connectivity index (χ3n) is 19.9. The highest BCUT2D eigenvalue weighted by Gasteiger charge is 2.30. The van der Waals surface area contributed by atoms with Crippen molar-refractivity contribution in [2.75, 3.05) is 39.6 Å². The minimum atomic E-state index is -4.96. The molecule has 3 unspecified atom stereocenters. The Bertz CT molecular complexity index is 1950. The molecule has 0 spiro atoms. The fourth-order valence-corrected chi connectivity index (χ4v) is 14.7. The summed E-state index contributed by atoms with van der Waals surface area (Å²) in [4.78, 5) is 73.2. The Kier molecular flexibility index (Phi) is 76.7. The van der Waals surface area contributed by atoms with E-state index in [0.29, 0.717) is 25.7 Å². The number of rotatable bonds is 85. The summed E-state index contributed by atoms with van der Waals surface area (Å²) in [5, 5.41) is 10.7. The molecule has 5 atom stereocenters. The molecule has 0 aromatic heterocycles. The number of unbranched alkanes of at least 4 members (excludes halogenated alkanes) is 59. The number of hydrogen-bond acceptors (Lipinski definition) is 15. The minimum absolute atomic E-state index is 0.109. The van der Waals surface area contributed by atoms with E-state index in [1.807, 2.05) is 0 Å². The molecule has 0 rings (SSSR count). The summed E-state index contributed by atoms with van der Waals surface area (Å²) in [5.41, 5.74) is 0. The second kappa shape index (κ2) is 78.2. The lowest BCUT2D eigenvalue weighted by Crippen LogP contribution is -2.30. The fraction of sp³-hybridized carbons (Fsp3) is 0.952. The van der Waals surface area contributed by atoms with Gasteiger partial charge in [0.2, 0.25) is 0 Å². The average molecular weight is 1510 g/mol. The van der Waals surface area contributed by atoms with Crippen LogP contribution in [0.3, 0.4) is 0 Å². The van der Waals surface area contributed by atoms with Crippen LogP contribution in [0.1, 0.15) is 458 Å². The van der Waals surface area contributed by atoms with Gasteiger partial charge in [0.25, 0.3) is 0 Å². The number of phosphoric acid groups is 2. The average Bonchev–Trinajstić information content (AvgIpc) is 0.915. The van der Waals surface area contributed by atoms with Gasteiger partial charge in [-0.05, 0) is 25.7 Å². The second-order valence-corrected chi connectivity index (χ2v) is 33.1. The number of hydrogen-bond donors (Lipinski definition) is 3. The van der Waals surface area contributed by atoms with Crippen LogP contribution in [0.5, 0.6) is 0 Å². The first-order chi connectivity index (χ1) is 50.2. The molecule has 0 amide bonds. The highest BCUT2D eigenvalue weighted by atomic mass is 31.2. The number of carbonyl (C=O) groups excluding carboxylic acids is 4. The van der Waals surface area contributed by atoms with Crippen molar-refractivity contribution < 1.29 is 80.2 Å². The van der Waals surface area contributed by atoms with E-state index in [1.165, 1.54) is 289 Å². The smallest absolute Gasteiger partial charge is 0.462 e. The fourth-order valence-electron chi connectivity index (χ4n) is 13.2. The number of esters is 4. The van der Waals surface area contributed by atoms with Crippen LogP contribution in [0.4, 0.5) is 0 Å². The van der Waals surface area contributed by atoms with Gasteiger partial charge in [0.15, 0.2) is 12.2 Å². The van der Waals surface area contributed by atoms with Crippen LogP contribution in [0, 0.1) is 0 Å². The molecule has 0 radical (unpaired) electrons. The van der Waals surface area contributed by atoms with Gasteiger partial charge in [-0.3, -0.25) is 37.3 Å². The first-order valence-corrected chi connectivity index (χ1v) is 46.8. The van der Waals surface area contributed by atoms with E-state index < -0.39 is 97.5 Å². The molecule has 0 aromatic rings. The third kappa shape index (κ3) is 78.0. The van der Waals surface area contributed by atoms with Crippen molar-refractivity contribution in [1.29, 1.82) is 0 Å². The Labute approximate surface area is 632 Å². The maximum atomic E-state index is 13.1. The normalized spacial score (nSPS) is 13.7. The molecule has 0 aliphatic heterocycles. The second-order valence-electron chi connectivity index (χ2n) is 30.2. The van der Waals surface area contributed by atoms with Crippen molar-refractivity contribution in [3.05, 3.63) is 0 Å². The predicted octanol–water partition coefficient (Wildman–Crippen LogP) is 25.7. The first-order valence-electron chi connectivity index (χ1n) is 43.8. The van der Waals surface area contributed by atoms with E-state index in [1.54, 1.807) is 0 Å². The number of ether oxygens (including phenoxy) is 4. The molecule has 17 nitrogen and oxygen atoms in total. The largest absolute Gasteiger partial charge is 0.472 e. The Balaban J connectivity index is 5.25. The lowest BCUT2D eigenvalue weighted by atomic mass is 10.0. The standard InChI is InChI=1S/C84H164O17P2/c1-5-9-13-17-21-25-29-33-36-38-39-41-44-47-51-55-59-63-67-71-84(89)101-80(75-95-82(87)69-65-61-57-53-49-45-43-40-37-34-30-26-22-18-14-10-6-2)77-99-103(92,93)97-73-78(85)72-96-102(90,91)98-76-79(74-94-81(86)68-64-60-56-52-48-32-28-24-20-16-12-8-4)100-83(88)70-66-62-58-54-50-46-42-35-31-27-23-19-15-11-7-3/h78-80,85H,5-77H2,1-4H3,(H,90,91)(H,92,93)/t78?,79-,80-/m1/s1. The van der Waals surface area contributed by atoms with Gasteiger partial charge in [-0.2, -0.15) is 0 Å². The van der Waals surface area contributed by atoms with Gasteiger partial charge in [-0.15, -0.1) is 0 Å². The number of aliphatic hydroxyl groups is 1. The Morgan fingerprint density at radius 1 is 0.233 bits per heavy atom. The highest BCUT2D eigenvalue weighted by Crippen LogP contribution is 2.45. The monoisotopic (exact) mass is 1510 g/mol. The van der Waals surface area contributed by atoms with Crippen LogP contribution in [0.15, 0.2) is 0 Å². The van der Waals surface area contributed by atoms with Crippen molar-refractivity contribution in [2.24, 2.45) is 0 Å². The molecule has 103 heavy (non-hydrogen) atoms. The lowest BCUT2D eigenvalue weighted by Gasteiger charge is -2.21. The summed E-state index contributed by atoms with van der Waals surface area (Å²) in [6.07, 6.45) is 72.0. The van der Waals surface area contributed by atoms with Gasteiger partial charge in [-0.25, -0.2) is 9.13 Å². The van der Waals surface area contributed by atoms with Gasteiger partial charge < -0.3 is 33.8 Å². The maximum Gasteiger partial charge on any atom is 0.472 e. The van der Waals surface area contributed by atoms with E-state index >= 15 is 0 Å². The summed E-state index contributed by atoms with van der Waals surface area (Å²) in [6.45, 7) is 5.06. The van der Waals surface area contributed by atoms with Crippen molar-refractivity contribution in [3.63, 3.8) is 0 Å². The minimum Gasteiger partial charge on any atom is -0.462 e. The van der Waals surface area contributed by atoms with E-state index in [4.69, 9.17) is 37.0 Å². The summed E-state index contributed by atoms with van der Waals surface area (Å²) >= 11 is 0. The van der Waals surface area contributed by atoms with Gasteiger partial charge in [0.05, 0.1) is 26.4 Å². The predicted molar refractivity (Wildman–Crippen MR) is 423 cm³/mol. The first kappa shape index (κ1) is 101. The zero-order valence-electron chi connectivity index (χ0n) is 67.3. The zero-order chi connectivity index (χ0) is 75.3. The topological polar surface area (TPSA) is 237 Å². The van der Waals surface area contributed by atoms with Crippen LogP contribution >= 0.6 is 15.6 Å². The van der Waals surface area contributed by atoms with Crippen LogP contribution in [0.2, 0.25) is 0 Å². The zero-order valence-corrected chi connectivity index (χ0v) is 69.1. The van der Waals surface area contributed by atoms with Crippen LogP contribution in [-0.2, 0) is 65.4 Å². The molecule has 0 aromatic carbocycles. The number of carbonyl (C=O) groups is 4. The molecule has 0 heterocycles. The highest BCUT2D eigenvalue weighted by molar-refractivity contribution is 7.47. The third-order valence-corrected chi connectivity index (χ3v) is 21.8. The van der Waals surface area contributed by atoms with Crippen LogP contribution in [-0.4, -0.2) is 96.7 Å². The Morgan fingerprint density at radius 2 is 0.388 bits per heavy atom. The molecule has 0 fully saturated rings. The van der Waals surface area contributed by atoms with Crippen LogP contribution in [0.25, 0.3) is 0 Å². The van der Waals surface area contributed by atoms with Crippen molar-refractivity contribution in [3.8, 4) is 0 Å². The van der Waals surface area contributed by atoms with E-state index in [2.05, 4.69) is 27.7 Å².